The van der Waals surface area contributed by atoms with Gasteiger partial charge in [-0.3, -0.25) is 0 Å². The van der Waals surface area contributed by atoms with Crippen LogP contribution >= 0.6 is 0 Å². The lowest BCUT2D eigenvalue weighted by atomic mass is 10.1. The highest BCUT2D eigenvalue weighted by Crippen LogP contribution is 2.41. The Labute approximate surface area is 94.1 Å². The number of hydrogen-bond donors (Lipinski definition) is 1. The third-order valence-corrected chi connectivity index (χ3v) is 3.55. The number of nitrogens with two attached hydrogens (primary N) is 1. The van der Waals surface area contributed by atoms with Crippen molar-refractivity contribution >= 4 is 9.84 Å². The molecule has 0 amide bonds. The summed E-state index contributed by atoms with van der Waals surface area (Å²) >= 11 is 0. The molecular weight excluding hydrogens is 230 g/mol. The molecule has 0 aliphatic carbocycles. The maximum absolute atomic E-state index is 11.7. The van der Waals surface area contributed by atoms with Crippen LogP contribution in [0.25, 0.3) is 0 Å². The molecule has 1 atom stereocenters. The van der Waals surface area contributed by atoms with Gasteiger partial charge < -0.3 is 15.2 Å². The van der Waals surface area contributed by atoms with Gasteiger partial charge in [0.15, 0.2) is 21.3 Å². The second-order valence-corrected chi connectivity index (χ2v) is 5.73. The number of sulfone groups is 1. The van der Waals surface area contributed by atoms with Gasteiger partial charge in [-0.1, -0.05) is 6.07 Å². The van der Waals surface area contributed by atoms with Crippen LogP contribution in [0.3, 0.4) is 0 Å². The van der Waals surface area contributed by atoms with Crippen LogP contribution in [0, 0.1) is 0 Å². The van der Waals surface area contributed by atoms with E-state index in [1.54, 1.807) is 19.1 Å². The zero-order chi connectivity index (χ0) is 11.9. The summed E-state index contributed by atoms with van der Waals surface area (Å²) < 4.78 is 33.8. The first-order valence-corrected chi connectivity index (χ1v) is 6.68. The van der Waals surface area contributed by atoms with Crippen molar-refractivity contribution in [3.05, 3.63) is 17.7 Å². The van der Waals surface area contributed by atoms with Gasteiger partial charge in [-0.25, -0.2) is 8.42 Å². The lowest BCUT2D eigenvalue weighted by Gasteiger charge is -2.13. The minimum atomic E-state index is -3.39. The van der Waals surface area contributed by atoms with Gasteiger partial charge in [0.05, 0.1) is 0 Å². The van der Waals surface area contributed by atoms with Crippen molar-refractivity contribution in [2.45, 2.75) is 17.9 Å². The van der Waals surface area contributed by atoms with Crippen LogP contribution in [0.2, 0.25) is 0 Å². The van der Waals surface area contributed by atoms with Crippen LogP contribution < -0.4 is 15.2 Å². The molecule has 0 radical (unpaired) electrons. The number of hydrogen-bond acceptors (Lipinski definition) is 5. The Balaban J connectivity index is 2.75. The lowest BCUT2D eigenvalue weighted by Crippen LogP contribution is -2.12. The van der Waals surface area contributed by atoms with E-state index in [2.05, 4.69) is 0 Å². The van der Waals surface area contributed by atoms with E-state index in [-0.39, 0.29) is 23.5 Å². The Hall–Kier alpha value is -1.27. The van der Waals surface area contributed by atoms with Crippen molar-refractivity contribution in [1.29, 1.82) is 0 Å². The van der Waals surface area contributed by atoms with E-state index < -0.39 is 9.84 Å². The number of fused-ring (bicyclic) bond motifs is 1. The minimum Gasteiger partial charge on any atom is -0.454 e. The Morgan fingerprint density at radius 2 is 2.06 bits per heavy atom. The average molecular weight is 243 g/mol. The molecule has 0 aromatic heterocycles. The van der Waals surface area contributed by atoms with Crippen LogP contribution in [0.15, 0.2) is 17.0 Å². The molecule has 1 unspecified atom stereocenters. The molecule has 0 saturated heterocycles. The van der Waals surface area contributed by atoms with Gasteiger partial charge in [0.2, 0.25) is 6.79 Å². The van der Waals surface area contributed by atoms with E-state index in [0.29, 0.717) is 11.3 Å². The molecule has 1 aliphatic heterocycles. The molecule has 1 aromatic carbocycles. The van der Waals surface area contributed by atoms with Crippen LogP contribution in [-0.2, 0) is 9.84 Å². The van der Waals surface area contributed by atoms with Crippen molar-refractivity contribution < 1.29 is 17.9 Å². The summed E-state index contributed by atoms with van der Waals surface area (Å²) in [4.78, 5) is 0.137. The Bertz CT molecular complexity index is 522. The van der Waals surface area contributed by atoms with Gasteiger partial charge in [-0.15, -0.1) is 0 Å². The Kier molecular flexibility index (Phi) is 2.55. The van der Waals surface area contributed by atoms with Crippen molar-refractivity contribution in [3.63, 3.8) is 0 Å². The maximum Gasteiger partial charge on any atom is 0.231 e. The normalized spacial score (nSPS) is 16.2. The second kappa shape index (κ2) is 3.64. The smallest absolute Gasteiger partial charge is 0.231 e. The monoisotopic (exact) mass is 243 g/mol. The fourth-order valence-corrected chi connectivity index (χ4v) is 2.88. The van der Waals surface area contributed by atoms with Crippen molar-refractivity contribution in [2.75, 3.05) is 13.0 Å². The van der Waals surface area contributed by atoms with Crippen LogP contribution in [-0.4, -0.2) is 21.5 Å². The van der Waals surface area contributed by atoms with Crippen molar-refractivity contribution in [1.82, 2.24) is 0 Å². The summed E-state index contributed by atoms with van der Waals surface area (Å²) in [5, 5.41) is 0. The van der Waals surface area contributed by atoms with Crippen molar-refractivity contribution in [2.24, 2.45) is 5.73 Å². The van der Waals surface area contributed by atoms with Gasteiger partial charge in [0.25, 0.3) is 0 Å². The molecule has 88 valence electrons. The van der Waals surface area contributed by atoms with Gasteiger partial charge >= 0.3 is 0 Å². The van der Waals surface area contributed by atoms with E-state index >= 15 is 0 Å². The zero-order valence-corrected chi connectivity index (χ0v) is 9.87. The summed E-state index contributed by atoms with van der Waals surface area (Å²) in [6, 6.07) is 2.96. The standard InChI is InChI=1S/C10H13NO4S/c1-6(11)7-3-4-8-9(15-5-14-8)10(7)16(2,12)13/h3-4,6H,5,11H2,1-2H3. The van der Waals surface area contributed by atoms with Gasteiger partial charge in [0, 0.05) is 12.3 Å². The second-order valence-electron chi connectivity index (χ2n) is 3.78. The lowest BCUT2D eigenvalue weighted by molar-refractivity contribution is 0.172. The van der Waals surface area contributed by atoms with Crippen LogP contribution in [0.4, 0.5) is 0 Å². The number of benzene rings is 1. The molecule has 1 heterocycles. The first-order valence-electron chi connectivity index (χ1n) is 4.79. The highest BCUT2D eigenvalue weighted by molar-refractivity contribution is 7.90. The maximum atomic E-state index is 11.7. The van der Waals surface area contributed by atoms with Gasteiger partial charge in [-0.05, 0) is 18.6 Å². The molecule has 0 saturated carbocycles. The molecule has 5 nitrogen and oxygen atoms in total. The molecule has 0 fully saturated rings. The predicted molar refractivity (Wildman–Crippen MR) is 58.3 cm³/mol. The third-order valence-electron chi connectivity index (χ3n) is 2.39. The van der Waals surface area contributed by atoms with Crippen LogP contribution in [0.1, 0.15) is 18.5 Å². The van der Waals surface area contributed by atoms with Crippen molar-refractivity contribution in [3.8, 4) is 11.5 Å². The molecule has 16 heavy (non-hydrogen) atoms. The highest BCUT2D eigenvalue weighted by atomic mass is 32.2. The highest BCUT2D eigenvalue weighted by Gasteiger charge is 2.28. The fraction of sp³-hybridized carbons (Fsp3) is 0.400. The van der Waals surface area contributed by atoms with E-state index in [1.807, 2.05) is 0 Å². The predicted octanol–water partition coefficient (Wildman–Crippen LogP) is 0.839. The first kappa shape index (κ1) is 11.2. The fourth-order valence-electron chi connectivity index (χ4n) is 1.70. The third kappa shape index (κ3) is 1.74. The molecule has 2 rings (SSSR count). The molecule has 6 heteroatoms. The first-order chi connectivity index (χ1) is 7.41. The van der Waals surface area contributed by atoms with E-state index in [9.17, 15) is 8.42 Å². The van der Waals surface area contributed by atoms with E-state index in [4.69, 9.17) is 15.2 Å². The summed E-state index contributed by atoms with van der Waals surface area (Å²) in [6.45, 7) is 1.77. The largest absolute Gasteiger partial charge is 0.454 e. The SMILES string of the molecule is CC(N)c1ccc2c(c1S(C)(=O)=O)OCO2. The number of ether oxygens (including phenoxy) is 2. The molecule has 2 N–H and O–H groups in total. The van der Waals surface area contributed by atoms with E-state index in [1.165, 1.54) is 0 Å². The summed E-state index contributed by atoms with van der Waals surface area (Å²) in [7, 11) is -3.39. The van der Waals surface area contributed by atoms with Gasteiger partial charge in [-0.2, -0.15) is 0 Å². The quantitative estimate of drug-likeness (QED) is 0.832. The molecule has 1 aliphatic rings. The summed E-state index contributed by atoms with van der Waals surface area (Å²) in [5.41, 5.74) is 6.29. The molecule has 0 spiro atoms. The molecule has 1 aromatic rings. The van der Waals surface area contributed by atoms with Gasteiger partial charge in [0.1, 0.15) is 4.90 Å². The molecular formula is C10H13NO4S. The number of rotatable bonds is 2. The Morgan fingerprint density at radius 3 is 2.62 bits per heavy atom. The van der Waals surface area contributed by atoms with Crippen LogP contribution in [0.5, 0.6) is 11.5 Å². The Morgan fingerprint density at radius 1 is 1.38 bits per heavy atom. The molecule has 0 bridgehead atoms. The van der Waals surface area contributed by atoms with E-state index in [0.717, 1.165) is 6.26 Å². The topological polar surface area (TPSA) is 78.6 Å². The average Bonchev–Trinajstić information content (AvgIpc) is 2.61. The summed E-state index contributed by atoms with van der Waals surface area (Å²) in [6.07, 6.45) is 1.14. The summed E-state index contributed by atoms with van der Waals surface area (Å²) in [5.74, 6) is 0.724. The zero-order valence-electron chi connectivity index (χ0n) is 9.06. The minimum absolute atomic E-state index is 0.0419.